The largest absolute Gasteiger partial charge is 0.332 e. The van der Waals surface area contributed by atoms with Crippen molar-refractivity contribution in [2.24, 2.45) is 0 Å². The summed E-state index contributed by atoms with van der Waals surface area (Å²) in [4.78, 5) is 25.9. The molecule has 110 valence electrons. The zero-order valence-electron chi connectivity index (χ0n) is 11.1. The number of benzene rings is 1. The highest BCUT2D eigenvalue weighted by molar-refractivity contribution is 7.12. The average Bonchev–Trinajstić information content (AvgIpc) is 2.96. The van der Waals surface area contributed by atoms with Gasteiger partial charge in [0.2, 0.25) is 5.91 Å². The van der Waals surface area contributed by atoms with Gasteiger partial charge >= 0.3 is 0 Å². The maximum atomic E-state index is 12.0. The Morgan fingerprint density at radius 3 is 2.43 bits per heavy atom. The van der Waals surface area contributed by atoms with E-state index in [0.29, 0.717) is 20.6 Å². The molecular formula is C14H12Cl2N2O2S. The minimum atomic E-state index is -0.364. The number of carbonyl (C=O) groups is 2. The topological polar surface area (TPSA) is 49.4 Å². The Labute approximate surface area is 136 Å². The van der Waals surface area contributed by atoms with Crippen LogP contribution < -0.4 is 5.32 Å². The van der Waals surface area contributed by atoms with Crippen molar-refractivity contribution in [2.75, 3.05) is 18.9 Å². The van der Waals surface area contributed by atoms with Crippen LogP contribution in [0.4, 0.5) is 5.69 Å². The number of rotatable bonds is 4. The van der Waals surface area contributed by atoms with Crippen molar-refractivity contribution in [2.45, 2.75) is 0 Å². The van der Waals surface area contributed by atoms with Crippen LogP contribution in [0.1, 0.15) is 9.67 Å². The molecule has 1 N–H and O–H groups in total. The Hall–Kier alpha value is -1.56. The first kappa shape index (κ1) is 15.8. The standard InChI is InChI=1S/C14H12Cl2N2O2S/c1-18(14(20)11-6-3-7-21-11)8-12(19)17-13-9(15)4-2-5-10(13)16/h2-7H,8H2,1H3,(H,17,19). The lowest BCUT2D eigenvalue weighted by atomic mass is 10.3. The van der Waals surface area contributed by atoms with Gasteiger partial charge in [-0.1, -0.05) is 35.3 Å². The summed E-state index contributed by atoms with van der Waals surface area (Å²) in [6, 6.07) is 8.45. The normalized spacial score (nSPS) is 10.2. The number of nitrogens with one attached hydrogen (secondary N) is 1. The fourth-order valence-corrected chi connectivity index (χ4v) is 2.88. The van der Waals surface area contributed by atoms with Gasteiger partial charge in [-0.15, -0.1) is 11.3 Å². The molecule has 0 saturated carbocycles. The van der Waals surface area contributed by atoms with Crippen LogP contribution in [0.15, 0.2) is 35.7 Å². The summed E-state index contributed by atoms with van der Waals surface area (Å²) in [5, 5.41) is 5.13. The molecule has 7 heteroatoms. The molecule has 0 aliphatic heterocycles. The second kappa shape index (κ2) is 6.93. The molecule has 1 aromatic heterocycles. The van der Waals surface area contributed by atoms with E-state index in [9.17, 15) is 9.59 Å². The molecule has 2 rings (SSSR count). The molecular weight excluding hydrogens is 331 g/mol. The summed E-state index contributed by atoms with van der Waals surface area (Å²) in [5.74, 6) is -0.567. The predicted molar refractivity (Wildman–Crippen MR) is 86.4 cm³/mol. The van der Waals surface area contributed by atoms with Gasteiger partial charge < -0.3 is 10.2 Å². The van der Waals surface area contributed by atoms with Gasteiger partial charge in [-0.2, -0.15) is 0 Å². The van der Waals surface area contributed by atoms with Gasteiger partial charge in [-0.3, -0.25) is 9.59 Å². The number of hydrogen-bond acceptors (Lipinski definition) is 3. The minimum absolute atomic E-state index is 0.0850. The quantitative estimate of drug-likeness (QED) is 0.919. The van der Waals surface area contributed by atoms with E-state index in [1.165, 1.54) is 16.2 Å². The fourth-order valence-electron chi connectivity index (χ4n) is 1.67. The van der Waals surface area contributed by atoms with E-state index in [1.807, 2.05) is 5.38 Å². The average molecular weight is 343 g/mol. The number of carbonyl (C=O) groups excluding carboxylic acids is 2. The number of hydrogen-bond donors (Lipinski definition) is 1. The molecule has 2 amide bonds. The number of amides is 2. The SMILES string of the molecule is CN(CC(=O)Nc1c(Cl)cccc1Cl)C(=O)c1cccs1. The Morgan fingerprint density at radius 1 is 1.19 bits per heavy atom. The number of anilines is 1. The van der Waals surface area contributed by atoms with Crippen LogP contribution in [0.3, 0.4) is 0 Å². The molecule has 1 aromatic carbocycles. The number of thiophene rings is 1. The first-order chi connectivity index (χ1) is 9.99. The Bertz CT molecular complexity index is 639. The van der Waals surface area contributed by atoms with Crippen LogP contribution in [-0.4, -0.2) is 30.3 Å². The Kier molecular flexibility index (Phi) is 5.22. The number of nitrogens with zero attached hydrogens (tertiary/aromatic N) is 1. The van der Waals surface area contributed by atoms with E-state index in [-0.39, 0.29) is 18.4 Å². The lowest BCUT2D eigenvalue weighted by Crippen LogP contribution is -2.34. The van der Waals surface area contributed by atoms with Gasteiger partial charge in [-0.05, 0) is 23.6 Å². The molecule has 0 aliphatic carbocycles. The summed E-state index contributed by atoms with van der Waals surface area (Å²) < 4.78 is 0. The van der Waals surface area contributed by atoms with E-state index >= 15 is 0 Å². The minimum Gasteiger partial charge on any atom is -0.332 e. The van der Waals surface area contributed by atoms with Crippen molar-refractivity contribution in [3.8, 4) is 0 Å². The van der Waals surface area contributed by atoms with Crippen LogP contribution in [0.2, 0.25) is 10.0 Å². The van der Waals surface area contributed by atoms with Gasteiger partial charge in [-0.25, -0.2) is 0 Å². The highest BCUT2D eigenvalue weighted by Crippen LogP contribution is 2.29. The van der Waals surface area contributed by atoms with Gasteiger partial charge in [0.15, 0.2) is 0 Å². The molecule has 2 aromatic rings. The summed E-state index contributed by atoms with van der Waals surface area (Å²) in [6.07, 6.45) is 0. The molecule has 4 nitrogen and oxygen atoms in total. The van der Waals surface area contributed by atoms with Gasteiger partial charge in [0, 0.05) is 7.05 Å². The van der Waals surface area contributed by atoms with Crippen molar-refractivity contribution < 1.29 is 9.59 Å². The monoisotopic (exact) mass is 342 g/mol. The second-order valence-corrected chi connectivity index (χ2v) is 6.05. The Balaban J connectivity index is 2.00. The van der Waals surface area contributed by atoms with Gasteiger partial charge in [0.1, 0.15) is 0 Å². The summed E-state index contributed by atoms with van der Waals surface area (Å²) in [7, 11) is 1.57. The molecule has 0 unspecified atom stereocenters. The van der Waals surface area contributed by atoms with Gasteiger partial charge in [0.25, 0.3) is 5.91 Å². The van der Waals surface area contributed by atoms with Crippen LogP contribution >= 0.6 is 34.5 Å². The third kappa shape index (κ3) is 3.97. The third-order valence-corrected chi connectivity index (χ3v) is 4.17. The summed E-state index contributed by atoms with van der Waals surface area (Å²) in [5.41, 5.74) is 0.350. The smallest absolute Gasteiger partial charge is 0.264 e. The molecule has 0 aliphatic rings. The fraction of sp³-hybridized carbons (Fsp3) is 0.143. The van der Waals surface area contributed by atoms with Crippen molar-refractivity contribution in [1.29, 1.82) is 0 Å². The summed E-state index contributed by atoms with van der Waals surface area (Å²) in [6.45, 7) is -0.0850. The lowest BCUT2D eigenvalue weighted by Gasteiger charge is -2.16. The lowest BCUT2D eigenvalue weighted by molar-refractivity contribution is -0.116. The van der Waals surface area contributed by atoms with Crippen LogP contribution in [-0.2, 0) is 4.79 Å². The van der Waals surface area contributed by atoms with E-state index in [2.05, 4.69) is 5.32 Å². The first-order valence-corrected chi connectivity index (χ1v) is 7.65. The molecule has 0 radical (unpaired) electrons. The molecule has 0 spiro atoms. The van der Waals surface area contributed by atoms with Crippen LogP contribution in [0, 0.1) is 0 Å². The second-order valence-electron chi connectivity index (χ2n) is 4.28. The zero-order chi connectivity index (χ0) is 15.4. The third-order valence-electron chi connectivity index (χ3n) is 2.69. The van der Waals surface area contributed by atoms with Gasteiger partial charge in [0.05, 0.1) is 27.2 Å². The molecule has 0 bridgehead atoms. The van der Waals surface area contributed by atoms with E-state index in [1.54, 1.807) is 37.4 Å². The molecule has 0 fully saturated rings. The van der Waals surface area contributed by atoms with Crippen molar-refractivity contribution in [1.82, 2.24) is 4.90 Å². The highest BCUT2D eigenvalue weighted by Gasteiger charge is 2.17. The van der Waals surface area contributed by atoms with Crippen LogP contribution in [0.25, 0.3) is 0 Å². The maximum absolute atomic E-state index is 12.0. The first-order valence-electron chi connectivity index (χ1n) is 6.02. The predicted octanol–water partition coefficient (Wildman–Crippen LogP) is 3.77. The number of likely N-dealkylation sites (N-methyl/N-ethyl adjacent to an activating group) is 1. The van der Waals surface area contributed by atoms with Crippen LogP contribution in [0.5, 0.6) is 0 Å². The summed E-state index contributed by atoms with van der Waals surface area (Å²) >= 11 is 13.3. The van der Waals surface area contributed by atoms with E-state index in [4.69, 9.17) is 23.2 Å². The molecule has 0 saturated heterocycles. The Morgan fingerprint density at radius 2 is 1.86 bits per heavy atom. The van der Waals surface area contributed by atoms with Crippen molar-refractivity contribution in [3.05, 3.63) is 50.6 Å². The molecule has 1 heterocycles. The van der Waals surface area contributed by atoms with Crippen molar-refractivity contribution >= 4 is 52.0 Å². The number of halogens is 2. The van der Waals surface area contributed by atoms with E-state index < -0.39 is 0 Å². The van der Waals surface area contributed by atoms with E-state index in [0.717, 1.165) is 0 Å². The molecule has 0 atom stereocenters. The zero-order valence-corrected chi connectivity index (χ0v) is 13.4. The van der Waals surface area contributed by atoms with Crippen molar-refractivity contribution in [3.63, 3.8) is 0 Å². The number of para-hydroxylation sites is 1. The molecule has 21 heavy (non-hydrogen) atoms. The highest BCUT2D eigenvalue weighted by atomic mass is 35.5. The maximum Gasteiger partial charge on any atom is 0.264 e.